The molecule has 0 bridgehead atoms. The molecule has 0 fully saturated rings. The van der Waals surface area contributed by atoms with E-state index in [-0.39, 0.29) is 17.3 Å². The molecule has 0 saturated carbocycles. The first-order valence-electron chi connectivity index (χ1n) is 5.69. The summed E-state index contributed by atoms with van der Waals surface area (Å²) in [4.78, 5) is 18.1. The number of hydrogen-bond acceptors (Lipinski definition) is 7. The van der Waals surface area contributed by atoms with E-state index < -0.39 is 4.92 Å². The van der Waals surface area contributed by atoms with Crippen molar-refractivity contribution in [2.75, 3.05) is 37.4 Å². The molecular weight excluding hydrogens is 238 g/mol. The zero-order chi connectivity index (χ0) is 13.4. The van der Waals surface area contributed by atoms with E-state index in [2.05, 4.69) is 20.6 Å². The molecule has 0 aliphatic rings. The minimum Gasteiger partial charge on any atom is -0.382 e. The van der Waals surface area contributed by atoms with Crippen molar-refractivity contribution in [2.45, 2.75) is 13.3 Å². The van der Waals surface area contributed by atoms with Gasteiger partial charge in [0.1, 0.15) is 6.33 Å². The van der Waals surface area contributed by atoms with E-state index >= 15 is 0 Å². The first kappa shape index (κ1) is 14.1. The van der Waals surface area contributed by atoms with Crippen LogP contribution in [-0.2, 0) is 4.74 Å². The number of rotatable bonds is 8. The quantitative estimate of drug-likeness (QED) is 0.409. The largest absolute Gasteiger partial charge is 0.382 e. The fourth-order valence-corrected chi connectivity index (χ4v) is 1.39. The Morgan fingerprint density at radius 1 is 1.44 bits per heavy atom. The Bertz CT molecular complexity index is 399. The molecule has 0 unspecified atom stereocenters. The number of hydrogen-bond donors (Lipinski definition) is 2. The highest BCUT2D eigenvalue weighted by Crippen LogP contribution is 2.28. The second kappa shape index (κ2) is 7.38. The molecule has 8 nitrogen and oxygen atoms in total. The molecular formula is C10H17N5O3. The van der Waals surface area contributed by atoms with E-state index in [9.17, 15) is 10.1 Å². The highest BCUT2D eigenvalue weighted by Gasteiger charge is 2.21. The summed E-state index contributed by atoms with van der Waals surface area (Å²) < 4.78 is 5.18. The Morgan fingerprint density at radius 3 is 2.78 bits per heavy atom. The maximum Gasteiger partial charge on any atom is 0.353 e. The number of anilines is 2. The van der Waals surface area contributed by atoms with E-state index in [1.165, 1.54) is 6.33 Å². The summed E-state index contributed by atoms with van der Waals surface area (Å²) in [6, 6.07) is 0. The average Bonchev–Trinajstić information content (AvgIpc) is 2.37. The molecule has 1 heterocycles. The van der Waals surface area contributed by atoms with E-state index in [0.717, 1.165) is 6.42 Å². The molecule has 100 valence electrons. The SMILES string of the molecule is CCOCCCNc1ncnc(NC)c1[N+](=O)[O-]. The monoisotopic (exact) mass is 255 g/mol. The second-order valence-corrected chi connectivity index (χ2v) is 3.40. The summed E-state index contributed by atoms with van der Waals surface area (Å²) in [5.74, 6) is 0.415. The van der Waals surface area contributed by atoms with Crippen molar-refractivity contribution in [3.05, 3.63) is 16.4 Å². The number of nitro groups is 1. The maximum atomic E-state index is 11.0. The molecule has 8 heteroatoms. The van der Waals surface area contributed by atoms with Crippen molar-refractivity contribution in [3.8, 4) is 0 Å². The van der Waals surface area contributed by atoms with Crippen LogP contribution in [0.3, 0.4) is 0 Å². The normalized spacial score (nSPS) is 10.1. The van der Waals surface area contributed by atoms with Crippen LogP contribution in [0.2, 0.25) is 0 Å². The zero-order valence-corrected chi connectivity index (χ0v) is 10.5. The van der Waals surface area contributed by atoms with Crippen LogP contribution in [0.4, 0.5) is 17.3 Å². The molecule has 0 aromatic carbocycles. The van der Waals surface area contributed by atoms with E-state index in [1.807, 2.05) is 6.92 Å². The number of nitrogens with one attached hydrogen (secondary N) is 2. The van der Waals surface area contributed by atoms with Crippen LogP contribution in [0.25, 0.3) is 0 Å². The van der Waals surface area contributed by atoms with Gasteiger partial charge in [0.2, 0.25) is 11.6 Å². The third-order valence-corrected chi connectivity index (χ3v) is 2.20. The summed E-state index contributed by atoms with van der Waals surface area (Å²) >= 11 is 0. The minimum absolute atomic E-state index is 0.142. The molecule has 1 aromatic rings. The molecule has 0 aliphatic heterocycles. The Balaban J connectivity index is 2.67. The lowest BCUT2D eigenvalue weighted by Crippen LogP contribution is -2.10. The summed E-state index contributed by atoms with van der Waals surface area (Å²) in [7, 11) is 1.58. The van der Waals surface area contributed by atoms with Crippen molar-refractivity contribution in [1.82, 2.24) is 9.97 Å². The molecule has 1 aromatic heterocycles. The van der Waals surface area contributed by atoms with Crippen LogP contribution in [0, 0.1) is 10.1 Å². The van der Waals surface area contributed by atoms with Gasteiger partial charge in [-0.2, -0.15) is 0 Å². The van der Waals surface area contributed by atoms with Gasteiger partial charge in [0.25, 0.3) is 0 Å². The molecule has 0 radical (unpaired) electrons. The molecule has 1 rings (SSSR count). The second-order valence-electron chi connectivity index (χ2n) is 3.40. The van der Waals surface area contributed by atoms with E-state index in [0.29, 0.717) is 19.8 Å². The van der Waals surface area contributed by atoms with Gasteiger partial charge < -0.3 is 15.4 Å². The Hall–Kier alpha value is -1.96. The Morgan fingerprint density at radius 2 is 2.17 bits per heavy atom. The molecule has 0 saturated heterocycles. The van der Waals surface area contributed by atoms with Gasteiger partial charge in [-0.05, 0) is 13.3 Å². The molecule has 18 heavy (non-hydrogen) atoms. The summed E-state index contributed by atoms with van der Waals surface area (Å²) in [6.45, 7) is 3.75. The van der Waals surface area contributed by atoms with Crippen molar-refractivity contribution >= 4 is 17.3 Å². The number of nitrogens with zero attached hydrogens (tertiary/aromatic N) is 3. The van der Waals surface area contributed by atoms with Crippen molar-refractivity contribution < 1.29 is 9.66 Å². The number of aromatic nitrogens is 2. The minimum atomic E-state index is -0.503. The zero-order valence-electron chi connectivity index (χ0n) is 10.5. The maximum absolute atomic E-state index is 11.0. The van der Waals surface area contributed by atoms with Crippen molar-refractivity contribution in [3.63, 3.8) is 0 Å². The van der Waals surface area contributed by atoms with Gasteiger partial charge in [0.05, 0.1) is 4.92 Å². The molecule has 2 N–H and O–H groups in total. The van der Waals surface area contributed by atoms with Crippen LogP contribution in [0.5, 0.6) is 0 Å². The van der Waals surface area contributed by atoms with Crippen molar-refractivity contribution in [1.29, 1.82) is 0 Å². The molecule has 0 atom stereocenters. The van der Waals surface area contributed by atoms with Crippen molar-refractivity contribution in [2.24, 2.45) is 0 Å². The third kappa shape index (κ3) is 3.81. The predicted molar refractivity (Wildman–Crippen MR) is 67.8 cm³/mol. The Kier molecular flexibility index (Phi) is 5.78. The number of ether oxygens (including phenoxy) is 1. The van der Waals surface area contributed by atoms with Gasteiger partial charge >= 0.3 is 5.69 Å². The molecule has 0 spiro atoms. The van der Waals surface area contributed by atoms with Gasteiger partial charge in [-0.15, -0.1) is 0 Å². The highest BCUT2D eigenvalue weighted by molar-refractivity contribution is 5.68. The fraction of sp³-hybridized carbons (Fsp3) is 0.600. The highest BCUT2D eigenvalue weighted by atomic mass is 16.6. The van der Waals surface area contributed by atoms with Crippen LogP contribution < -0.4 is 10.6 Å². The van der Waals surface area contributed by atoms with Crippen LogP contribution >= 0.6 is 0 Å². The lowest BCUT2D eigenvalue weighted by atomic mass is 10.4. The first-order valence-corrected chi connectivity index (χ1v) is 5.69. The lowest BCUT2D eigenvalue weighted by molar-refractivity contribution is -0.383. The standard InChI is InChI=1S/C10H17N5O3/c1-3-18-6-4-5-12-10-8(15(16)17)9(11-2)13-7-14-10/h7H,3-6H2,1-2H3,(H2,11,12,13,14). The van der Waals surface area contributed by atoms with Gasteiger partial charge in [0, 0.05) is 26.8 Å². The predicted octanol–water partition coefficient (Wildman–Crippen LogP) is 1.26. The van der Waals surface area contributed by atoms with Crippen LogP contribution in [0.15, 0.2) is 6.33 Å². The van der Waals surface area contributed by atoms with Gasteiger partial charge in [0.15, 0.2) is 0 Å². The fourth-order valence-electron chi connectivity index (χ4n) is 1.39. The van der Waals surface area contributed by atoms with Crippen LogP contribution in [0.1, 0.15) is 13.3 Å². The van der Waals surface area contributed by atoms with Gasteiger partial charge in [-0.25, -0.2) is 9.97 Å². The lowest BCUT2D eigenvalue weighted by Gasteiger charge is -2.08. The van der Waals surface area contributed by atoms with Crippen LogP contribution in [-0.4, -0.2) is 41.7 Å². The van der Waals surface area contributed by atoms with Gasteiger partial charge in [-0.3, -0.25) is 10.1 Å². The first-order chi connectivity index (χ1) is 8.70. The summed E-state index contributed by atoms with van der Waals surface area (Å²) in [6.07, 6.45) is 2.04. The summed E-state index contributed by atoms with van der Waals surface area (Å²) in [5, 5.41) is 16.5. The average molecular weight is 255 g/mol. The third-order valence-electron chi connectivity index (χ3n) is 2.20. The van der Waals surface area contributed by atoms with E-state index in [4.69, 9.17) is 4.74 Å². The summed E-state index contributed by atoms with van der Waals surface area (Å²) in [5.41, 5.74) is -0.142. The molecule has 0 amide bonds. The Labute approximate surface area is 105 Å². The smallest absolute Gasteiger partial charge is 0.353 e. The van der Waals surface area contributed by atoms with Gasteiger partial charge in [-0.1, -0.05) is 0 Å². The molecule has 0 aliphatic carbocycles. The van der Waals surface area contributed by atoms with E-state index in [1.54, 1.807) is 7.05 Å². The topological polar surface area (TPSA) is 102 Å².